The van der Waals surface area contributed by atoms with Crippen LogP contribution in [0.1, 0.15) is 32.1 Å². The molecule has 2 amide bonds. The van der Waals surface area contributed by atoms with Crippen LogP contribution in [-0.4, -0.2) is 37.2 Å². The summed E-state index contributed by atoms with van der Waals surface area (Å²) in [5.41, 5.74) is 4.49. The Morgan fingerprint density at radius 1 is 1.40 bits per heavy atom. The molecular formula is C18H23ClN4O2. The molecule has 0 saturated carbocycles. The predicted molar refractivity (Wildman–Crippen MR) is 98.8 cm³/mol. The Bertz CT molecular complexity index is 677. The molecule has 1 fully saturated rings. The van der Waals surface area contributed by atoms with Crippen LogP contribution in [0.4, 0.5) is 5.69 Å². The number of amides is 2. The molecule has 2 aliphatic rings. The number of nitrogens with zero attached hydrogens (tertiary/aromatic N) is 2. The lowest BCUT2D eigenvalue weighted by Gasteiger charge is -2.19. The molecule has 0 aliphatic carbocycles. The molecule has 3 rings (SSSR count). The number of hydrazone groups is 1. The van der Waals surface area contributed by atoms with Gasteiger partial charge in [-0.25, -0.2) is 5.43 Å². The van der Waals surface area contributed by atoms with Crippen molar-refractivity contribution in [3.05, 3.63) is 29.3 Å². The van der Waals surface area contributed by atoms with Crippen LogP contribution >= 0.6 is 11.6 Å². The normalized spacial score (nSPS) is 20.2. The average Bonchev–Trinajstić information content (AvgIpc) is 3.08. The molecule has 7 heteroatoms. The lowest BCUT2D eigenvalue weighted by atomic mass is 10.1. The van der Waals surface area contributed by atoms with Crippen LogP contribution in [0.5, 0.6) is 0 Å². The highest BCUT2D eigenvalue weighted by Gasteiger charge is 2.23. The summed E-state index contributed by atoms with van der Waals surface area (Å²) in [4.78, 5) is 25.4. The van der Waals surface area contributed by atoms with Gasteiger partial charge in [0.25, 0.3) is 0 Å². The van der Waals surface area contributed by atoms with Crippen LogP contribution < -0.4 is 15.6 Å². The Labute approximate surface area is 152 Å². The van der Waals surface area contributed by atoms with Crippen LogP contribution in [-0.2, 0) is 9.59 Å². The number of benzene rings is 1. The average molecular weight is 363 g/mol. The summed E-state index contributed by atoms with van der Waals surface area (Å²) < 4.78 is 0. The summed E-state index contributed by atoms with van der Waals surface area (Å²) in [5.74, 6) is 0.439. The molecule has 0 radical (unpaired) electrons. The molecule has 2 aliphatic heterocycles. The van der Waals surface area contributed by atoms with Gasteiger partial charge in [0.15, 0.2) is 0 Å². The number of nitrogens with one attached hydrogen (secondary N) is 2. The topological polar surface area (TPSA) is 73.8 Å². The Morgan fingerprint density at radius 3 is 3.04 bits per heavy atom. The smallest absolute Gasteiger partial charge is 0.240 e. The number of carbonyl (C=O) groups is 2. The maximum absolute atomic E-state index is 12.0. The van der Waals surface area contributed by atoms with Crippen molar-refractivity contribution < 1.29 is 9.59 Å². The summed E-state index contributed by atoms with van der Waals surface area (Å²) in [7, 11) is 0. The SMILES string of the molecule is O=C(CCC1=NNC(=O)CC1)NC[C@H]1CCN(c2cccc(Cl)c2)C1. The first-order valence-corrected chi connectivity index (χ1v) is 9.09. The highest BCUT2D eigenvalue weighted by molar-refractivity contribution is 6.30. The van der Waals surface area contributed by atoms with Crippen molar-refractivity contribution in [3.8, 4) is 0 Å². The van der Waals surface area contributed by atoms with E-state index in [2.05, 4.69) is 26.8 Å². The first-order valence-electron chi connectivity index (χ1n) is 8.71. The van der Waals surface area contributed by atoms with Gasteiger partial charge in [0.05, 0.1) is 0 Å². The molecule has 1 atom stereocenters. The van der Waals surface area contributed by atoms with Gasteiger partial charge in [-0.15, -0.1) is 0 Å². The number of rotatable bonds is 6. The lowest BCUT2D eigenvalue weighted by molar-refractivity contribution is -0.121. The van der Waals surface area contributed by atoms with Crippen molar-refractivity contribution in [1.82, 2.24) is 10.7 Å². The predicted octanol–water partition coefficient (Wildman–Crippen LogP) is 2.33. The third-order valence-corrected chi connectivity index (χ3v) is 4.90. The van der Waals surface area contributed by atoms with Crippen molar-refractivity contribution in [3.63, 3.8) is 0 Å². The molecule has 0 bridgehead atoms. The summed E-state index contributed by atoms with van der Waals surface area (Å²) in [5, 5.41) is 7.76. The van der Waals surface area contributed by atoms with Gasteiger partial charge < -0.3 is 10.2 Å². The summed E-state index contributed by atoms with van der Waals surface area (Å²) in [6.45, 7) is 2.61. The third kappa shape index (κ3) is 5.19. The van der Waals surface area contributed by atoms with E-state index >= 15 is 0 Å². The minimum absolute atomic E-state index is 0.0424. The molecule has 6 nitrogen and oxygen atoms in total. The van der Waals surface area contributed by atoms with Crippen molar-refractivity contribution in [1.29, 1.82) is 0 Å². The van der Waals surface area contributed by atoms with Crippen molar-refractivity contribution in [2.45, 2.75) is 32.1 Å². The molecule has 25 heavy (non-hydrogen) atoms. The maximum atomic E-state index is 12.0. The fraction of sp³-hybridized carbons (Fsp3) is 0.500. The standard InChI is InChI=1S/C18H23ClN4O2/c19-14-2-1-3-16(10-14)23-9-8-13(12-23)11-20-17(24)6-4-15-5-7-18(25)22-21-15/h1-3,10,13H,4-9,11-12H2,(H,20,24)(H,22,25)/t13-/m1/s1. The Morgan fingerprint density at radius 2 is 2.28 bits per heavy atom. The van der Waals surface area contributed by atoms with Crippen molar-refractivity contribution in [2.24, 2.45) is 11.0 Å². The van der Waals surface area contributed by atoms with Gasteiger partial charge >= 0.3 is 0 Å². The minimum Gasteiger partial charge on any atom is -0.371 e. The molecule has 1 aromatic carbocycles. The number of hydrogen-bond donors (Lipinski definition) is 2. The van der Waals surface area contributed by atoms with Crippen LogP contribution in [0, 0.1) is 5.92 Å². The lowest BCUT2D eigenvalue weighted by Crippen LogP contribution is -2.32. The monoisotopic (exact) mass is 362 g/mol. The van der Waals surface area contributed by atoms with E-state index in [1.54, 1.807) is 0 Å². The molecule has 0 aromatic heterocycles. The number of halogens is 1. The van der Waals surface area contributed by atoms with Crippen LogP contribution in [0.2, 0.25) is 5.02 Å². The molecule has 1 aromatic rings. The molecule has 2 heterocycles. The summed E-state index contributed by atoms with van der Waals surface area (Å²) in [6, 6.07) is 7.88. The van der Waals surface area contributed by atoms with Gasteiger partial charge in [-0.3, -0.25) is 9.59 Å². The van der Waals surface area contributed by atoms with E-state index in [0.717, 1.165) is 35.9 Å². The van der Waals surface area contributed by atoms with Gasteiger partial charge in [-0.05, 0) is 43.4 Å². The van der Waals surface area contributed by atoms with E-state index in [9.17, 15) is 9.59 Å². The zero-order chi connectivity index (χ0) is 17.6. The van der Waals surface area contributed by atoms with Gasteiger partial charge in [0, 0.05) is 48.9 Å². The van der Waals surface area contributed by atoms with E-state index in [1.807, 2.05) is 18.2 Å². The van der Waals surface area contributed by atoms with E-state index in [0.29, 0.717) is 38.1 Å². The van der Waals surface area contributed by atoms with Crippen LogP contribution in [0.3, 0.4) is 0 Å². The molecule has 0 spiro atoms. The summed E-state index contributed by atoms with van der Waals surface area (Å²) >= 11 is 6.05. The van der Waals surface area contributed by atoms with Crippen LogP contribution in [0.15, 0.2) is 29.4 Å². The fourth-order valence-electron chi connectivity index (χ4n) is 3.20. The number of hydrogen-bond acceptors (Lipinski definition) is 4. The quantitative estimate of drug-likeness (QED) is 0.815. The Kier molecular flexibility index (Phi) is 5.91. The Hall–Kier alpha value is -2.08. The van der Waals surface area contributed by atoms with Gasteiger partial charge in [0.2, 0.25) is 11.8 Å². The first-order chi connectivity index (χ1) is 12.1. The molecule has 0 unspecified atom stereocenters. The van der Waals surface area contributed by atoms with Crippen molar-refractivity contribution in [2.75, 3.05) is 24.5 Å². The molecule has 134 valence electrons. The second-order valence-electron chi connectivity index (χ2n) is 6.60. The highest BCUT2D eigenvalue weighted by Crippen LogP contribution is 2.25. The van der Waals surface area contributed by atoms with Gasteiger partial charge in [-0.2, -0.15) is 5.10 Å². The zero-order valence-electron chi connectivity index (χ0n) is 14.1. The second kappa shape index (κ2) is 8.34. The second-order valence-corrected chi connectivity index (χ2v) is 7.03. The van der Waals surface area contributed by atoms with Gasteiger partial charge in [-0.1, -0.05) is 17.7 Å². The minimum atomic E-state index is -0.0568. The molecular weight excluding hydrogens is 340 g/mol. The van der Waals surface area contributed by atoms with E-state index < -0.39 is 0 Å². The van der Waals surface area contributed by atoms with Crippen molar-refractivity contribution >= 4 is 34.8 Å². The zero-order valence-corrected chi connectivity index (χ0v) is 14.9. The first kappa shape index (κ1) is 17.7. The molecule has 2 N–H and O–H groups in total. The number of carbonyl (C=O) groups excluding carboxylic acids is 2. The number of anilines is 1. The largest absolute Gasteiger partial charge is 0.371 e. The van der Waals surface area contributed by atoms with E-state index in [-0.39, 0.29) is 11.8 Å². The fourth-order valence-corrected chi connectivity index (χ4v) is 3.39. The molecule has 1 saturated heterocycles. The highest BCUT2D eigenvalue weighted by atomic mass is 35.5. The maximum Gasteiger partial charge on any atom is 0.240 e. The van der Waals surface area contributed by atoms with Gasteiger partial charge in [0.1, 0.15) is 0 Å². The third-order valence-electron chi connectivity index (χ3n) is 4.67. The summed E-state index contributed by atoms with van der Waals surface area (Å²) in [6.07, 6.45) is 3.19. The van der Waals surface area contributed by atoms with Crippen LogP contribution in [0.25, 0.3) is 0 Å². The van der Waals surface area contributed by atoms with E-state index in [1.165, 1.54) is 0 Å². The Balaban J connectivity index is 1.37. The van der Waals surface area contributed by atoms with E-state index in [4.69, 9.17) is 11.6 Å².